The Hall–Kier alpha value is -5.17. The number of carbonyl (C=O) groups is 4. The van der Waals surface area contributed by atoms with Crippen molar-refractivity contribution in [1.29, 1.82) is 0 Å². The van der Waals surface area contributed by atoms with Gasteiger partial charge in [-0.2, -0.15) is 0 Å². The molecule has 0 N–H and O–H groups in total. The molecule has 2 heterocycles. The second-order valence-corrected chi connectivity index (χ2v) is 9.47. The predicted octanol–water partition coefficient (Wildman–Crippen LogP) is 5.85. The van der Waals surface area contributed by atoms with Crippen molar-refractivity contribution in [3.05, 3.63) is 118 Å². The lowest BCUT2D eigenvalue weighted by Gasteiger charge is -2.17. The average Bonchev–Trinajstić information content (AvgIpc) is 3.22. The summed E-state index contributed by atoms with van der Waals surface area (Å²) >= 11 is 0. The number of imide groups is 1. The molecule has 4 aromatic carbocycles. The van der Waals surface area contributed by atoms with Gasteiger partial charge in [-0.15, -0.1) is 0 Å². The van der Waals surface area contributed by atoms with Gasteiger partial charge in [-0.05, 0) is 54.4 Å². The van der Waals surface area contributed by atoms with E-state index in [0.29, 0.717) is 33.3 Å². The van der Waals surface area contributed by atoms with Gasteiger partial charge in [-0.1, -0.05) is 60.7 Å². The molecule has 0 atom stereocenters. The van der Waals surface area contributed by atoms with E-state index in [1.54, 1.807) is 56.3 Å². The van der Waals surface area contributed by atoms with E-state index in [-0.39, 0.29) is 22.6 Å². The van der Waals surface area contributed by atoms with Crippen LogP contribution in [0.4, 0.5) is 5.69 Å². The zero-order valence-corrected chi connectivity index (χ0v) is 21.2. The summed E-state index contributed by atoms with van der Waals surface area (Å²) in [6.45, 7) is 3.01. The molecule has 2 amide bonds. The van der Waals surface area contributed by atoms with E-state index in [0.717, 1.165) is 15.7 Å². The predicted molar refractivity (Wildman–Crippen MR) is 147 cm³/mol. The number of pyridine rings is 1. The molecule has 39 heavy (non-hydrogen) atoms. The van der Waals surface area contributed by atoms with Gasteiger partial charge in [-0.3, -0.25) is 19.4 Å². The van der Waals surface area contributed by atoms with Gasteiger partial charge in [0.05, 0.1) is 33.6 Å². The fourth-order valence-corrected chi connectivity index (χ4v) is 4.99. The zero-order valence-electron chi connectivity index (χ0n) is 21.2. The van der Waals surface area contributed by atoms with E-state index < -0.39 is 24.4 Å². The molecule has 0 fully saturated rings. The molecule has 190 valence electrons. The molecule has 5 aromatic rings. The third-order valence-electron chi connectivity index (χ3n) is 7.00. The number of ketones is 1. The maximum absolute atomic E-state index is 13.6. The second kappa shape index (κ2) is 9.29. The zero-order chi connectivity index (χ0) is 27.3. The Kier molecular flexibility index (Phi) is 5.76. The molecule has 0 spiro atoms. The first-order valence-electron chi connectivity index (χ1n) is 12.4. The van der Waals surface area contributed by atoms with E-state index in [9.17, 15) is 19.2 Å². The van der Waals surface area contributed by atoms with Crippen LogP contribution in [0.15, 0.2) is 84.9 Å². The van der Waals surface area contributed by atoms with Crippen LogP contribution in [-0.2, 0) is 4.74 Å². The van der Waals surface area contributed by atoms with Crippen LogP contribution < -0.4 is 4.90 Å². The minimum absolute atomic E-state index is 0.123. The number of anilines is 1. The molecule has 1 aliphatic heterocycles. The highest BCUT2D eigenvalue weighted by Crippen LogP contribution is 2.36. The highest BCUT2D eigenvalue weighted by atomic mass is 16.5. The summed E-state index contributed by atoms with van der Waals surface area (Å²) in [5.41, 5.74) is 3.12. The third kappa shape index (κ3) is 4.05. The fraction of sp³-hybridized carbons (Fsp3) is 0.0938. The first-order chi connectivity index (χ1) is 18.8. The van der Waals surface area contributed by atoms with E-state index in [2.05, 4.69) is 4.98 Å². The SMILES string of the molecule is Cc1ccc(C(=O)OCC(=O)c2ccc3ccccc3c2)cc1N1C(=O)c2c(C)nc3ccccc3c2C1=O. The van der Waals surface area contributed by atoms with Gasteiger partial charge < -0.3 is 4.74 Å². The number of hydrogen-bond donors (Lipinski definition) is 0. The van der Waals surface area contributed by atoms with Crippen molar-refractivity contribution in [3.63, 3.8) is 0 Å². The monoisotopic (exact) mass is 514 g/mol. The largest absolute Gasteiger partial charge is 0.454 e. The molecule has 0 radical (unpaired) electrons. The first-order valence-corrected chi connectivity index (χ1v) is 12.4. The molecule has 0 saturated carbocycles. The lowest BCUT2D eigenvalue weighted by atomic mass is 10.0. The summed E-state index contributed by atoms with van der Waals surface area (Å²) in [7, 11) is 0. The molecule has 6 rings (SSSR count). The van der Waals surface area contributed by atoms with Crippen LogP contribution in [0.2, 0.25) is 0 Å². The van der Waals surface area contributed by atoms with Crippen molar-refractivity contribution in [2.24, 2.45) is 0 Å². The van der Waals surface area contributed by atoms with Crippen molar-refractivity contribution < 1.29 is 23.9 Å². The van der Waals surface area contributed by atoms with Gasteiger partial charge in [0.2, 0.25) is 0 Å². The minimum Gasteiger partial charge on any atom is -0.454 e. The molecule has 7 nitrogen and oxygen atoms in total. The van der Waals surface area contributed by atoms with Crippen LogP contribution in [0, 0.1) is 13.8 Å². The van der Waals surface area contributed by atoms with Crippen molar-refractivity contribution >= 4 is 50.9 Å². The molecular formula is C32H22N2O5. The van der Waals surface area contributed by atoms with Crippen LogP contribution >= 0.6 is 0 Å². The van der Waals surface area contributed by atoms with Gasteiger partial charge in [0, 0.05) is 10.9 Å². The third-order valence-corrected chi connectivity index (χ3v) is 7.00. The highest BCUT2D eigenvalue weighted by Gasteiger charge is 2.40. The number of aromatic nitrogens is 1. The number of Topliss-reactive ketones (excluding diaryl/α,β-unsaturated/α-hetero) is 1. The first kappa shape index (κ1) is 24.2. The van der Waals surface area contributed by atoms with Crippen LogP contribution in [0.25, 0.3) is 21.7 Å². The number of esters is 1. The van der Waals surface area contributed by atoms with Gasteiger partial charge in [0.15, 0.2) is 12.4 Å². The molecule has 0 unspecified atom stereocenters. The van der Waals surface area contributed by atoms with Crippen LogP contribution in [0.3, 0.4) is 0 Å². The highest BCUT2D eigenvalue weighted by molar-refractivity contribution is 6.38. The minimum atomic E-state index is -0.731. The molecular weight excluding hydrogens is 492 g/mol. The van der Waals surface area contributed by atoms with E-state index in [1.807, 2.05) is 36.4 Å². The summed E-state index contributed by atoms with van der Waals surface area (Å²) in [5.74, 6) is -2.04. The standard InChI is InChI=1S/C32H22N2O5/c1-18-11-12-23(32(38)39-17-27(35)22-14-13-20-7-3-4-8-21(20)15-22)16-26(18)34-30(36)28-19(2)33-25-10-6-5-9-24(25)29(28)31(34)37/h3-16H,17H2,1-2H3. The number of amides is 2. The van der Waals surface area contributed by atoms with Crippen molar-refractivity contribution in [1.82, 2.24) is 4.98 Å². The topological polar surface area (TPSA) is 93.6 Å². The second-order valence-electron chi connectivity index (χ2n) is 9.47. The van der Waals surface area contributed by atoms with E-state index >= 15 is 0 Å². The van der Waals surface area contributed by atoms with Crippen molar-refractivity contribution in [2.45, 2.75) is 13.8 Å². The van der Waals surface area contributed by atoms with Crippen LogP contribution in [0.1, 0.15) is 52.7 Å². The number of ether oxygens (including phenoxy) is 1. The lowest BCUT2D eigenvalue weighted by Crippen LogP contribution is -2.30. The Morgan fingerprint density at radius 2 is 1.46 bits per heavy atom. The Balaban J connectivity index is 1.26. The normalized spacial score (nSPS) is 12.7. The maximum Gasteiger partial charge on any atom is 0.338 e. The fourth-order valence-electron chi connectivity index (χ4n) is 4.99. The Labute approximate surface area is 223 Å². The summed E-state index contributed by atoms with van der Waals surface area (Å²) in [6, 6.07) is 24.8. The number of para-hydroxylation sites is 1. The van der Waals surface area contributed by atoms with E-state index in [1.165, 1.54) is 6.07 Å². The summed E-state index contributed by atoms with van der Waals surface area (Å²) in [6.07, 6.45) is 0. The van der Waals surface area contributed by atoms with Crippen molar-refractivity contribution in [3.8, 4) is 0 Å². The summed E-state index contributed by atoms with van der Waals surface area (Å²) < 4.78 is 5.32. The molecule has 1 aromatic heterocycles. The Bertz CT molecular complexity index is 1870. The van der Waals surface area contributed by atoms with Crippen molar-refractivity contribution in [2.75, 3.05) is 11.5 Å². The molecule has 0 bridgehead atoms. The number of nitrogens with zero attached hydrogens (tertiary/aromatic N) is 2. The molecule has 1 aliphatic rings. The van der Waals surface area contributed by atoms with Gasteiger partial charge in [0.1, 0.15) is 0 Å². The summed E-state index contributed by atoms with van der Waals surface area (Å²) in [4.78, 5) is 58.3. The number of aryl methyl sites for hydroxylation is 2. The number of rotatable bonds is 5. The number of benzene rings is 4. The number of hydrogen-bond acceptors (Lipinski definition) is 6. The lowest BCUT2D eigenvalue weighted by molar-refractivity contribution is 0.0474. The van der Waals surface area contributed by atoms with E-state index in [4.69, 9.17) is 4.74 Å². The summed E-state index contributed by atoms with van der Waals surface area (Å²) in [5, 5.41) is 2.52. The molecule has 0 saturated heterocycles. The van der Waals surface area contributed by atoms with Gasteiger partial charge >= 0.3 is 5.97 Å². The smallest absolute Gasteiger partial charge is 0.338 e. The van der Waals surface area contributed by atoms with Gasteiger partial charge in [0.25, 0.3) is 11.8 Å². The Morgan fingerprint density at radius 1 is 0.769 bits per heavy atom. The Morgan fingerprint density at radius 3 is 2.28 bits per heavy atom. The maximum atomic E-state index is 13.6. The number of carbonyl (C=O) groups excluding carboxylic acids is 4. The molecule has 7 heteroatoms. The van der Waals surface area contributed by atoms with Crippen LogP contribution in [-0.4, -0.2) is 35.2 Å². The quantitative estimate of drug-likeness (QED) is 0.166. The van der Waals surface area contributed by atoms with Gasteiger partial charge in [-0.25, -0.2) is 9.69 Å². The van der Waals surface area contributed by atoms with Crippen LogP contribution in [0.5, 0.6) is 0 Å². The number of fused-ring (bicyclic) bond motifs is 4. The molecule has 0 aliphatic carbocycles. The average molecular weight is 515 g/mol.